The lowest BCUT2D eigenvalue weighted by molar-refractivity contribution is 0.00694. The highest BCUT2D eigenvalue weighted by molar-refractivity contribution is 5.90. The van der Waals surface area contributed by atoms with Crippen molar-refractivity contribution in [1.29, 1.82) is 0 Å². The van der Waals surface area contributed by atoms with Crippen molar-refractivity contribution < 1.29 is 14.3 Å². The molecule has 120 valence electrons. The topological polar surface area (TPSA) is 51.7 Å². The Morgan fingerprint density at radius 1 is 1.50 bits per heavy atom. The first-order valence-corrected chi connectivity index (χ1v) is 7.79. The molecule has 0 N–H and O–H groups in total. The zero-order valence-corrected chi connectivity index (χ0v) is 13.8. The van der Waals surface area contributed by atoms with Crippen LogP contribution < -0.4 is 4.90 Å². The summed E-state index contributed by atoms with van der Waals surface area (Å²) in [5, 5.41) is 0. The summed E-state index contributed by atoms with van der Waals surface area (Å²) in [7, 11) is 0. The molecular weight excluding hydrogens is 280 g/mol. The van der Waals surface area contributed by atoms with Crippen LogP contribution in [0.1, 0.15) is 38.1 Å². The van der Waals surface area contributed by atoms with Gasteiger partial charge >= 0.3 is 5.97 Å². The Morgan fingerprint density at radius 3 is 2.95 bits per heavy atom. The van der Waals surface area contributed by atoms with Crippen LogP contribution in [0.3, 0.4) is 0 Å². The maximum atomic E-state index is 12.2. The second kappa shape index (κ2) is 5.23. The quantitative estimate of drug-likeness (QED) is 0.786. The Labute approximate surface area is 131 Å². The number of hydrogen-bond acceptors (Lipinski definition) is 5. The Bertz CT molecular complexity index is 582. The average Bonchev–Trinajstić information content (AvgIpc) is 2.91. The van der Waals surface area contributed by atoms with Crippen LogP contribution in [0.25, 0.3) is 0 Å². The molecule has 5 heteroatoms. The average molecular weight is 304 g/mol. The van der Waals surface area contributed by atoms with E-state index in [1.807, 2.05) is 26.8 Å². The van der Waals surface area contributed by atoms with Gasteiger partial charge in [-0.15, -0.1) is 0 Å². The number of anilines is 1. The largest absolute Gasteiger partial charge is 0.456 e. The molecule has 2 aliphatic rings. The molecule has 0 bridgehead atoms. The maximum absolute atomic E-state index is 12.2. The summed E-state index contributed by atoms with van der Waals surface area (Å²) >= 11 is 0. The van der Waals surface area contributed by atoms with Crippen LogP contribution in [-0.4, -0.2) is 42.9 Å². The smallest absolute Gasteiger partial charge is 0.338 e. The van der Waals surface area contributed by atoms with Crippen molar-refractivity contribution in [1.82, 2.24) is 4.98 Å². The van der Waals surface area contributed by atoms with Gasteiger partial charge in [0.05, 0.1) is 18.8 Å². The minimum Gasteiger partial charge on any atom is -0.456 e. The first kappa shape index (κ1) is 15.3. The van der Waals surface area contributed by atoms with E-state index in [0.717, 1.165) is 32.1 Å². The van der Waals surface area contributed by atoms with Crippen molar-refractivity contribution in [3.8, 4) is 0 Å². The van der Waals surface area contributed by atoms with Crippen LogP contribution in [0.5, 0.6) is 0 Å². The van der Waals surface area contributed by atoms with Gasteiger partial charge in [-0.3, -0.25) is 0 Å². The molecule has 2 fully saturated rings. The van der Waals surface area contributed by atoms with Gasteiger partial charge in [0.1, 0.15) is 11.4 Å². The lowest BCUT2D eigenvalue weighted by atomic mass is 9.83. The van der Waals surface area contributed by atoms with E-state index in [0.29, 0.717) is 11.5 Å². The number of fused-ring (bicyclic) bond motifs is 1. The summed E-state index contributed by atoms with van der Waals surface area (Å²) in [6.07, 6.45) is 1.68. The van der Waals surface area contributed by atoms with Gasteiger partial charge in [0.2, 0.25) is 0 Å². The van der Waals surface area contributed by atoms with E-state index < -0.39 is 5.60 Å². The number of esters is 1. The van der Waals surface area contributed by atoms with Gasteiger partial charge in [-0.2, -0.15) is 0 Å². The Morgan fingerprint density at radius 2 is 2.27 bits per heavy atom. The van der Waals surface area contributed by atoms with Crippen molar-refractivity contribution in [3.63, 3.8) is 0 Å². The van der Waals surface area contributed by atoms with Crippen molar-refractivity contribution >= 4 is 11.8 Å². The third kappa shape index (κ3) is 2.95. The molecule has 0 aliphatic carbocycles. The van der Waals surface area contributed by atoms with E-state index in [1.165, 1.54) is 0 Å². The molecule has 22 heavy (non-hydrogen) atoms. The van der Waals surface area contributed by atoms with E-state index in [-0.39, 0.29) is 11.4 Å². The molecule has 0 amide bonds. The molecule has 0 saturated carbocycles. The van der Waals surface area contributed by atoms with Crippen LogP contribution in [0.2, 0.25) is 0 Å². The number of hydrogen-bond donors (Lipinski definition) is 0. The molecule has 2 atom stereocenters. The van der Waals surface area contributed by atoms with E-state index in [4.69, 9.17) is 9.47 Å². The first-order valence-electron chi connectivity index (χ1n) is 7.79. The third-order valence-corrected chi connectivity index (χ3v) is 4.43. The number of pyridine rings is 1. The molecule has 2 aliphatic heterocycles. The summed E-state index contributed by atoms with van der Waals surface area (Å²) in [6.45, 7) is 11.4. The molecule has 1 aromatic rings. The highest BCUT2D eigenvalue weighted by Gasteiger charge is 2.47. The van der Waals surface area contributed by atoms with E-state index >= 15 is 0 Å². The summed E-state index contributed by atoms with van der Waals surface area (Å²) < 4.78 is 11.0. The van der Waals surface area contributed by atoms with Crippen molar-refractivity contribution in [3.05, 3.63) is 23.9 Å². The van der Waals surface area contributed by atoms with Gasteiger partial charge in [0.25, 0.3) is 0 Å². The van der Waals surface area contributed by atoms with E-state index in [1.54, 1.807) is 12.3 Å². The Balaban J connectivity index is 1.76. The van der Waals surface area contributed by atoms with E-state index in [9.17, 15) is 4.79 Å². The lowest BCUT2D eigenvalue weighted by Crippen LogP contribution is -2.28. The fourth-order valence-electron chi connectivity index (χ4n) is 3.20. The Hall–Kier alpha value is -1.62. The zero-order chi connectivity index (χ0) is 16.0. The van der Waals surface area contributed by atoms with Gasteiger partial charge in [-0.25, -0.2) is 9.78 Å². The predicted octanol–water partition coefficient (Wildman–Crippen LogP) is 2.51. The van der Waals surface area contributed by atoms with Crippen LogP contribution >= 0.6 is 0 Å². The minimum atomic E-state index is -0.490. The zero-order valence-electron chi connectivity index (χ0n) is 13.8. The number of rotatable bonds is 2. The second-order valence-electron chi connectivity index (χ2n) is 7.65. The number of aromatic nitrogens is 1. The first-order chi connectivity index (χ1) is 10.3. The van der Waals surface area contributed by atoms with Crippen molar-refractivity contribution in [2.45, 2.75) is 33.3 Å². The van der Waals surface area contributed by atoms with Crippen LogP contribution in [0, 0.1) is 11.3 Å². The maximum Gasteiger partial charge on any atom is 0.338 e. The number of ether oxygens (including phenoxy) is 2. The number of carbonyl (C=O) groups excluding carboxylic acids is 1. The van der Waals surface area contributed by atoms with Gasteiger partial charge in [-0.05, 0) is 32.9 Å². The summed E-state index contributed by atoms with van der Waals surface area (Å²) in [4.78, 5) is 18.9. The van der Waals surface area contributed by atoms with Crippen LogP contribution in [-0.2, 0) is 9.47 Å². The van der Waals surface area contributed by atoms with Gasteiger partial charge in [0, 0.05) is 30.6 Å². The summed E-state index contributed by atoms with van der Waals surface area (Å²) in [5.41, 5.74) is 0.262. The second-order valence-corrected chi connectivity index (χ2v) is 7.65. The standard InChI is InChI=1S/C17H24N2O3/c1-16(2,3)22-15(20)12-5-6-18-14(7-12)19-8-13-9-21-11-17(13,4)10-19/h5-7,13H,8-11H2,1-4H3. The van der Waals surface area contributed by atoms with Gasteiger partial charge < -0.3 is 14.4 Å². The molecule has 2 saturated heterocycles. The van der Waals surface area contributed by atoms with E-state index in [2.05, 4.69) is 16.8 Å². The fourth-order valence-corrected chi connectivity index (χ4v) is 3.20. The molecular formula is C17H24N2O3. The minimum absolute atomic E-state index is 0.198. The highest BCUT2D eigenvalue weighted by atomic mass is 16.6. The van der Waals surface area contributed by atoms with Crippen LogP contribution in [0.4, 0.5) is 5.82 Å². The molecule has 0 spiro atoms. The molecule has 0 radical (unpaired) electrons. The fraction of sp³-hybridized carbons (Fsp3) is 0.647. The molecule has 3 rings (SSSR count). The normalized spacial score (nSPS) is 27.8. The molecule has 5 nitrogen and oxygen atoms in total. The lowest BCUT2D eigenvalue weighted by Gasteiger charge is -2.23. The summed E-state index contributed by atoms with van der Waals surface area (Å²) in [6, 6.07) is 3.54. The van der Waals surface area contributed by atoms with Crippen molar-refractivity contribution in [2.24, 2.45) is 11.3 Å². The van der Waals surface area contributed by atoms with Crippen molar-refractivity contribution in [2.75, 3.05) is 31.2 Å². The Kier molecular flexibility index (Phi) is 3.63. The van der Waals surface area contributed by atoms with Gasteiger partial charge in [-0.1, -0.05) is 6.92 Å². The highest BCUT2D eigenvalue weighted by Crippen LogP contribution is 2.41. The van der Waals surface area contributed by atoms with Crippen LogP contribution in [0.15, 0.2) is 18.3 Å². The molecule has 3 heterocycles. The SMILES string of the molecule is CC(C)(C)OC(=O)c1ccnc(N2CC3COCC3(C)C2)c1. The number of nitrogens with zero attached hydrogens (tertiary/aromatic N) is 2. The van der Waals surface area contributed by atoms with Gasteiger partial charge in [0.15, 0.2) is 0 Å². The molecule has 0 aromatic carbocycles. The molecule has 2 unspecified atom stereocenters. The monoisotopic (exact) mass is 304 g/mol. The third-order valence-electron chi connectivity index (χ3n) is 4.43. The number of carbonyl (C=O) groups is 1. The molecule has 1 aromatic heterocycles. The summed E-state index contributed by atoms with van der Waals surface area (Å²) in [5.74, 6) is 1.09. The predicted molar refractivity (Wildman–Crippen MR) is 84.0 cm³/mol.